The summed E-state index contributed by atoms with van der Waals surface area (Å²) in [6.45, 7) is 2.64. The van der Waals surface area contributed by atoms with Crippen LogP contribution >= 0.6 is 0 Å². The summed E-state index contributed by atoms with van der Waals surface area (Å²) >= 11 is 0. The molecule has 2 aliphatic rings. The number of ether oxygens (including phenoxy) is 4. The summed E-state index contributed by atoms with van der Waals surface area (Å²) in [6.07, 6.45) is 48.7. The molecule has 0 aliphatic carbocycles. The Labute approximate surface area is 464 Å². The lowest BCUT2D eigenvalue weighted by atomic mass is 9.97. The molecule has 2 rings (SSSR count). The first-order chi connectivity index (χ1) is 37.6. The minimum atomic E-state index is -1.79. The molecule has 77 heavy (non-hydrogen) atoms. The summed E-state index contributed by atoms with van der Waals surface area (Å²) < 4.78 is 22.7. The lowest BCUT2D eigenvalue weighted by Crippen LogP contribution is -2.65. The third-order valence-electron chi connectivity index (χ3n) is 14.0. The van der Waals surface area contributed by atoms with E-state index in [1.807, 2.05) is 6.08 Å². The molecule has 2 aliphatic heterocycles. The van der Waals surface area contributed by atoms with Gasteiger partial charge in [0.1, 0.15) is 48.8 Å². The van der Waals surface area contributed by atoms with E-state index < -0.39 is 86.8 Å². The zero-order valence-corrected chi connectivity index (χ0v) is 47.4. The van der Waals surface area contributed by atoms with Gasteiger partial charge in [0.05, 0.1) is 32.0 Å². The van der Waals surface area contributed by atoms with Crippen molar-refractivity contribution >= 4 is 5.91 Å². The van der Waals surface area contributed by atoms with Crippen molar-refractivity contribution in [1.82, 2.24) is 5.32 Å². The minimum Gasteiger partial charge on any atom is -0.394 e. The summed E-state index contributed by atoms with van der Waals surface area (Å²) in [4.78, 5) is 13.2. The second kappa shape index (κ2) is 47.7. The fourth-order valence-electron chi connectivity index (χ4n) is 9.19. The van der Waals surface area contributed by atoms with Crippen LogP contribution in [0.4, 0.5) is 0 Å². The molecule has 14 nitrogen and oxygen atoms in total. The summed E-state index contributed by atoms with van der Waals surface area (Å²) in [5.41, 5.74) is 0. The molecule has 0 aromatic heterocycles. The standard InChI is InChI=1S/C63H107NO13/c1-3-5-7-9-11-13-15-17-19-20-21-22-23-24-25-26-27-28-29-30-31-32-33-35-37-39-41-43-45-47-55(68)64-51(52(67)46-44-42-40-38-36-34-18-16-14-12-10-8-6-4-2)50-74-62-60(73)58(71)61(54(49-66)76-62)77-63-59(72)57(70)56(69)53(48-65)75-63/h5,7,11,13,17,19,21-22,24-25,27-28,36,38,44,46,51-54,56-63,65-67,69-73H,3-4,6,8-10,12,14-16,18,20,23,26,29-35,37,39-43,45,47-50H2,1-2H3,(H,64,68)/b7-5-,13-11-,19-17-,22-21-,25-24-,28-27-,38-36+,46-44+. The van der Waals surface area contributed by atoms with Gasteiger partial charge in [0.2, 0.25) is 5.91 Å². The summed E-state index contributed by atoms with van der Waals surface area (Å²) in [5, 5.41) is 87.0. The van der Waals surface area contributed by atoms with E-state index in [-0.39, 0.29) is 18.9 Å². The van der Waals surface area contributed by atoms with Crippen molar-refractivity contribution < 1.29 is 64.6 Å². The van der Waals surface area contributed by atoms with Crippen LogP contribution in [-0.4, -0.2) is 140 Å². The van der Waals surface area contributed by atoms with Crippen LogP contribution in [0.15, 0.2) is 97.2 Å². The van der Waals surface area contributed by atoms with Gasteiger partial charge in [-0.25, -0.2) is 0 Å². The Morgan fingerprint density at radius 1 is 0.481 bits per heavy atom. The van der Waals surface area contributed by atoms with Crippen LogP contribution in [0.2, 0.25) is 0 Å². The fraction of sp³-hybridized carbons (Fsp3) is 0.730. The number of amides is 1. The Kier molecular flexibility index (Phi) is 43.4. The minimum absolute atomic E-state index is 0.259. The third kappa shape index (κ3) is 33.3. The monoisotopic (exact) mass is 1090 g/mol. The Bertz CT molecular complexity index is 1660. The van der Waals surface area contributed by atoms with Gasteiger partial charge in [0, 0.05) is 6.42 Å². The van der Waals surface area contributed by atoms with Crippen molar-refractivity contribution in [2.75, 3.05) is 19.8 Å². The van der Waals surface area contributed by atoms with Crippen LogP contribution in [0.5, 0.6) is 0 Å². The van der Waals surface area contributed by atoms with E-state index in [1.54, 1.807) is 6.08 Å². The highest BCUT2D eigenvalue weighted by Gasteiger charge is 2.51. The van der Waals surface area contributed by atoms with Gasteiger partial charge in [-0.15, -0.1) is 0 Å². The number of unbranched alkanes of at least 4 members (excludes halogenated alkanes) is 19. The Hall–Kier alpha value is -3.09. The lowest BCUT2D eigenvalue weighted by Gasteiger charge is -2.46. The summed E-state index contributed by atoms with van der Waals surface area (Å²) in [6, 6.07) is -0.939. The predicted molar refractivity (Wildman–Crippen MR) is 309 cm³/mol. The maximum atomic E-state index is 13.2. The molecule has 12 atom stereocenters. The van der Waals surface area contributed by atoms with Gasteiger partial charge in [-0.1, -0.05) is 207 Å². The smallest absolute Gasteiger partial charge is 0.220 e. The van der Waals surface area contributed by atoms with Crippen LogP contribution in [0, 0.1) is 0 Å². The molecule has 0 aromatic rings. The van der Waals surface area contributed by atoms with Gasteiger partial charge < -0.3 is 65.1 Å². The molecule has 0 aromatic carbocycles. The number of aliphatic hydroxyl groups is 8. The molecule has 2 heterocycles. The van der Waals surface area contributed by atoms with Crippen molar-refractivity contribution in [3.63, 3.8) is 0 Å². The number of carbonyl (C=O) groups excluding carboxylic acids is 1. The van der Waals surface area contributed by atoms with E-state index in [4.69, 9.17) is 18.9 Å². The summed E-state index contributed by atoms with van der Waals surface area (Å²) in [5.74, 6) is -0.259. The van der Waals surface area contributed by atoms with Gasteiger partial charge in [-0.2, -0.15) is 0 Å². The third-order valence-corrected chi connectivity index (χ3v) is 14.0. The second-order valence-corrected chi connectivity index (χ2v) is 20.7. The average Bonchev–Trinajstić information content (AvgIpc) is 3.43. The SMILES string of the molecule is CC/C=C\C/C=C\C/C=C\C/C=C\C/C=C\C/C=C\CCCCCCCCCCCCC(=O)NC(COC1OC(CO)C(OC2OC(CO)C(O)C(O)C2O)C(O)C1O)C(O)/C=C/CC/C=C/CCCCCCCCCC. The van der Waals surface area contributed by atoms with Crippen molar-refractivity contribution in [3.8, 4) is 0 Å². The molecule has 0 spiro atoms. The van der Waals surface area contributed by atoms with Crippen molar-refractivity contribution in [3.05, 3.63) is 97.2 Å². The topological polar surface area (TPSA) is 228 Å². The first-order valence-electron chi connectivity index (χ1n) is 30.0. The molecule has 14 heteroatoms. The molecule has 442 valence electrons. The van der Waals surface area contributed by atoms with E-state index in [0.29, 0.717) is 12.8 Å². The van der Waals surface area contributed by atoms with Crippen LogP contribution in [0.25, 0.3) is 0 Å². The first kappa shape index (κ1) is 70.0. The molecule has 0 saturated carbocycles. The van der Waals surface area contributed by atoms with Gasteiger partial charge >= 0.3 is 0 Å². The van der Waals surface area contributed by atoms with E-state index in [9.17, 15) is 45.6 Å². The molecule has 2 fully saturated rings. The van der Waals surface area contributed by atoms with E-state index in [1.165, 1.54) is 89.9 Å². The Balaban J connectivity index is 1.73. The fourth-order valence-corrected chi connectivity index (χ4v) is 9.19. The van der Waals surface area contributed by atoms with Crippen LogP contribution in [-0.2, 0) is 23.7 Å². The molecule has 0 radical (unpaired) electrons. The molecule has 12 unspecified atom stereocenters. The molecule has 9 N–H and O–H groups in total. The highest BCUT2D eigenvalue weighted by molar-refractivity contribution is 5.76. The summed E-state index contributed by atoms with van der Waals surface area (Å²) in [7, 11) is 0. The Morgan fingerprint density at radius 3 is 1.43 bits per heavy atom. The quantitative estimate of drug-likeness (QED) is 0.0205. The number of hydrogen-bond acceptors (Lipinski definition) is 13. The zero-order chi connectivity index (χ0) is 56.0. The van der Waals surface area contributed by atoms with Crippen molar-refractivity contribution in [2.45, 2.75) is 274 Å². The van der Waals surface area contributed by atoms with E-state index >= 15 is 0 Å². The molecule has 1 amide bonds. The van der Waals surface area contributed by atoms with E-state index in [0.717, 1.165) is 77.0 Å². The van der Waals surface area contributed by atoms with Gasteiger partial charge in [-0.3, -0.25) is 4.79 Å². The second-order valence-electron chi connectivity index (χ2n) is 20.7. The highest BCUT2D eigenvalue weighted by atomic mass is 16.7. The number of nitrogens with one attached hydrogen (secondary N) is 1. The average molecular weight is 1090 g/mol. The largest absolute Gasteiger partial charge is 0.394 e. The van der Waals surface area contributed by atoms with Gasteiger partial charge in [-0.05, 0) is 83.5 Å². The maximum Gasteiger partial charge on any atom is 0.220 e. The number of hydrogen-bond donors (Lipinski definition) is 9. The molecule has 0 bridgehead atoms. The van der Waals surface area contributed by atoms with Crippen molar-refractivity contribution in [2.24, 2.45) is 0 Å². The van der Waals surface area contributed by atoms with Crippen LogP contribution in [0.1, 0.15) is 200 Å². The Morgan fingerprint density at radius 2 is 0.909 bits per heavy atom. The maximum absolute atomic E-state index is 13.2. The van der Waals surface area contributed by atoms with Gasteiger partial charge in [0.25, 0.3) is 0 Å². The highest BCUT2D eigenvalue weighted by Crippen LogP contribution is 2.30. The number of allylic oxidation sites excluding steroid dienone is 15. The van der Waals surface area contributed by atoms with Crippen LogP contribution < -0.4 is 5.32 Å². The van der Waals surface area contributed by atoms with Crippen LogP contribution in [0.3, 0.4) is 0 Å². The normalized spacial score (nSPS) is 25.4. The predicted octanol–water partition coefficient (Wildman–Crippen LogP) is 10.3. The number of carbonyl (C=O) groups is 1. The van der Waals surface area contributed by atoms with Gasteiger partial charge in [0.15, 0.2) is 12.6 Å². The number of aliphatic hydroxyl groups excluding tert-OH is 8. The van der Waals surface area contributed by atoms with Crippen molar-refractivity contribution in [1.29, 1.82) is 0 Å². The molecular formula is C63H107NO13. The zero-order valence-electron chi connectivity index (χ0n) is 47.4. The lowest BCUT2D eigenvalue weighted by molar-refractivity contribution is -0.359. The molecular weight excluding hydrogens is 979 g/mol. The molecule has 2 saturated heterocycles. The van der Waals surface area contributed by atoms with E-state index in [2.05, 4.69) is 104 Å². The number of rotatable bonds is 46. The first-order valence-corrected chi connectivity index (χ1v) is 30.0.